The summed E-state index contributed by atoms with van der Waals surface area (Å²) in [6.45, 7) is 13.4. The van der Waals surface area contributed by atoms with Crippen LogP contribution in [0, 0.1) is 0 Å². The zero-order valence-corrected chi connectivity index (χ0v) is 18.1. The van der Waals surface area contributed by atoms with Crippen LogP contribution in [0.4, 0.5) is 0 Å². The Morgan fingerprint density at radius 1 is 0.800 bits per heavy atom. The van der Waals surface area contributed by atoms with Crippen LogP contribution in [-0.2, 0) is 13.3 Å². The molecule has 7 heteroatoms. The van der Waals surface area contributed by atoms with Crippen LogP contribution in [0.2, 0.25) is 0 Å². The average Bonchev–Trinajstić information content (AvgIpc) is 2.60. The first-order valence-corrected chi connectivity index (χ1v) is 12.1. The van der Waals surface area contributed by atoms with Gasteiger partial charge in [-0.05, 0) is 27.2 Å². The van der Waals surface area contributed by atoms with Gasteiger partial charge < -0.3 is 29.6 Å². The summed E-state index contributed by atoms with van der Waals surface area (Å²) in [5, 5.41) is 6.98. The molecule has 1 atom stereocenters. The van der Waals surface area contributed by atoms with Crippen LogP contribution in [-0.4, -0.2) is 60.5 Å². The van der Waals surface area contributed by atoms with Gasteiger partial charge in [-0.25, -0.2) is 0 Å². The van der Waals surface area contributed by atoms with Crippen LogP contribution >= 0.6 is 0 Å². The molecule has 0 saturated heterocycles. The van der Waals surface area contributed by atoms with Crippen LogP contribution < -0.4 is 16.4 Å². The highest BCUT2D eigenvalue weighted by molar-refractivity contribution is 6.62. The summed E-state index contributed by atoms with van der Waals surface area (Å²) >= 11 is 0. The second-order valence-corrected chi connectivity index (χ2v) is 8.92. The molecule has 0 amide bonds. The van der Waals surface area contributed by atoms with E-state index in [1.165, 1.54) is 32.1 Å². The Balaban J connectivity index is 4.79. The van der Waals surface area contributed by atoms with Crippen LogP contribution in [0.5, 0.6) is 0 Å². The van der Waals surface area contributed by atoms with E-state index in [2.05, 4.69) is 17.6 Å². The zero-order chi connectivity index (χ0) is 18.8. The second kappa shape index (κ2) is 17.4. The van der Waals surface area contributed by atoms with Crippen LogP contribution in [0.1, 0.15) is 66.2 Å². The second-order valence-electron chi connectivity index (χ2n) is 6.15. The molecular formula is C18H43N3O3Si. The monoisotopic (exact) mass is 377 g/mol. The van der Waals surface area contributed by atoms with E-state index in [0.717, 1.165) is 26.1 Å². The Bertz CT molecular complexity index is 255. The molecule has 0 aliphatic heterocycles. The summed E-state index contributed by atoms with van der Waals surface area (Å²) in [5.74, 6) is 0. The van der Waals surface area contributed by atoms with Crippen molar-refractivity contribution in [3.8, 4) is 0 Å². The van der Waals surface area contributed by atoms with E-state index in [4.69, 9.17) is 19.0 Å². The van der Waals surface area contributed by atoms with E-state index in [9.17, 15) is 0 Å². The Hall–Kier alpha value is -0.0231. The quantitative estimate of drug-likeness (QED) is 0.237. The van der Waals surface area contributed by atoms with Crippen molar-refractivity contribution in [3.05, 3.63) is 0 Å². The van der Waals surface area contributed by atoms with Crippen molar-refractivity contribution < 1.29 is 13.3 Å². The molecular weight excluding hydrogens is 334 g/mol. The maximum atomic E-state index is 6.12. The molecule has 0 aromatic heterocycles. The Morgan fingerprint density at radius 3 is 1.92 bits per heavy atom. The number of rotatable bonds is 19. The summed E-state index contributed by atoms with van der Waals surface area (Å²) < 4.78 is 18.4. The third-order valence-electron chi connectivity index (χ3n) is 4.07. The molecule has 0 spiro atoms. The normalized spacial score (nSPS) is 13.3. The molecule has 25 heavy (non-hydrogen) atoms. The van der Waals surface area contributed by atoms with Crippen molar-refractivity contribution in [2.75, 3.05) is 46.0 Å². The summed E-state index contributed by atoms with van der Waals surface area (Å²) in [6.07, 6.45) is 7.35. The van der Waals surface area contributed by atoms with E-state index in [-0.39, 0.29) is 5.67 Å². The van der Waals surface area contributed by atoms with E-state index >= 15 is 0 Å². The molecule has 0 aliphatic carbocycles. The topological polar surface area (TPSA) is 77.8 Å². The summed E-state index contributed by atoms with van der Waals surface area (Å²) in [4.78, 5) is 0. The maximum absolute atomic E-state index is 6.12. The van der Waals surface area contributed by atoms with Gasteiger partial charge in [0.1, 0.15) is 0 Å². The van der Waals surface area contributed by atoms with Crippen LogP contribution in [0.3, 0.4) is 0 Å². The van der Waals surface area contributed by atoms with Crippen molar-refractivity contribution in [2.45, 2.75) is 71.9 Å². The number of hydrogen-bond donors (Lipinski definition) is 3. The van der Waals surface area contributed by atoms with Gasteiger partial charge in [0.05, 0.1) is 5.67 Å². The predicted molar refractivity (Wildman–Crippen MR) is 108 cm³/mol. The molecule has 0 rings (SSSR count). The molecule has 0 saturated carbocycles. The Morgan fingerprint density at radius 2 is 1.40 bits per heavy atom. The van der Waals surface area contributed by atoms with Gasteiger partial charge >= 0.3 is 8.80 Å². The number of hydrogen-bond acceptors (Lipinski definition) is 6. The molecule has 4 N–H and O–H groups in total. The molecule has 0 heterocycles. The lowest BCUT2D eigenvalue weighted by Gasteiger charge is -2.36. The van der Waals surface area contributed by atoms with Crippen LogP contribution in [0.15, 0.2) is 0 Å². The Labute approximate surface area is 156 Å². The predicted octanol–water partition coefficient (Wildman–Crippen LogP) is 2.44. The third kappa shape index (κ3) is 11.3. The number of nitrogens with one attached hydrogen (secondary N) is 2. The van der Waals surface area contributed by atoms with Crippen molar-refractivity contribution in [2.24, 2.45) is 5.73 Å². The molecule has 6 nitrogen and oxygen atoms in total. The van der Waals surface area contributed by atoms with Crippen molar-refractivity contribution in [3.63, 3.8) is 0 Å². The molecule has 0 aromatic carbocycles. The minimum absolute atomic E-state index is 0.147. The molecule has 152 valence electrons. The summed E-state index contributed by atoms with van der Waals surface area (Å²) in [5.41, 5.74) is 5.67. The van der Waals surface area contributed by atoms with E-state index in [1.54, 1.807) is 0 Å². The lowest BCUT2D eigenvalue weighted by atomic mass is 10.1. The molecule has 0 bridgehead atoms. The highest BCUT2D eigenvalue weighted by Gasteiger charge is 2.48. The SMILES string of the molecule is CCCCCCCC(NCCNCCN)[Si](OCC)(OCC)OCC. The fraction of sp³-hybridized carbons (Fsp3) is 1.00. The van der Waals surface area contributed by atoms with E-state index in [1.807, 2.05) is 20.8 Å². The first-order chi connectivity index (χ1) is 12.2. The number of nitrogens with two attached hydrogens (primary N) is 1. The molecule has 1 unspecified atom stereocenters. The average molecular weight is 378 g/mol. The minimum Gasteiger partial charge on any atom is -0.373 e. The van der Waals surface area contributed by atoms with Crippen molar-refractivity contribution in [1.82, 2.24) is 10.6 Å². The fourth-order valence-corrected chi connectivity index (χ4v) is 5.96. The van der Waals surface area contributed by atoms with E-state index < -0.39 is 8.80 Å². The van der Waals surface area contributed by atoms with Gasteiger partial charge in [-0.3, -0.25) is 0 Å². The maximum Gasteiger partial charge on any atom is 0.518 e. The van der Waals surface area contributed by atoms with Crippen LogP contribution in [0.25, 0.3) is 0 Å². The molecule has 0 aliphatic rings. The molecule has 0 radical (unpaired) electrons. The number of unbranched alkanes of at least 4 members (excludes halogenated alkanes) is 4. The van der Waals surface area contributed by atoms with Crippen molar-refractivity contribution in [1.29, 1.82) is 0 Å². The van der Waals surface area contributed by atoms with E-state index in [0.29, 0.717) is 26.4 Å². The first-order valence-electron chi connectivity index (χ1n) is 10.3. The molecule has 0 fully saturated rings. The summed E-state index contributed by atoms with van der Waals surface area (Å²) in [7, 11) is -2.73. The lowest BCUT2D eigenvalue weighted by Crippen LogP contribution is -2.62. The Kier molecular flexibility index (Phi) is 17.4. The first kappa shape index (κ1) is 25.0. The highest BCUT2D eigenvalue weighted by atomic mass is 28.4. The van der Waals surface area contributed by atoms with Crippen molar-refractivity contribution >= 4 is 8.80 Å². The minimum atomic E-state index is -2.73. The van der Waals surface area contributed by atoms with Gasteiger partial charge in [-0.2, -0.15) is 0 Å². The third-order valence-corrected chi connectivity index (χ3v) is 7.49. The van der Waals surface area contributed by atoms with Gasteiger partial charge in [0.2, 0.25) is 0 Å². The standard InChI is InChI=1S/C18H43N3O3Si/c1-5-9-10-11-12-13-18(21-17-16-20-15-14-19)25(22-6-2,23-7-3)24-8-4/h18,20-21H,5-17,19H2,1-4H3. The summed E-state index contributed by atoms with van der Waals surface area (Å²) in [6, 6.07) is 0. The van der Waals surface area contributed by atoms with Gasteiger partial charge in [0, 0.05) is 46.0 Å². The zero-order valence-electron chi connectivity index (χ0n) is 17.1. The smallest absolute Gasteiger partial charge is 0.373 e. The van der Waals surface area contributed by atoms with Gasteiger partial charge in [-0.15, -0.1) is 0 Å². The van der Waals surface area contributed by atoms with Gasteiger partial charge in [-0.1, -0.05) is 39.0 Å². The van der Waals surface area contributed by atoms with Gasteiger partial charge in [0.15, 0.2) is 0 Å². The lowest BCUT2D eigenvalue weighted by molar-refractivity contribution is 0.0565. The largest absolute Gasteiger partial charge is 0.518 e. The van der Waals surface area contributed by atoms with Gasteiger partial charge in [0.25, 0.3) is 0 Å². The molecule has 0 aromatic rings. The highest BCUT2D eigenvalue weighted by Crippen LogP contribution is 2.20. The fourth-order valence-electron chi connectivity index (χ4n) is 2.95.